The molecular weight excluding hydrogens is 190 g/mol. The normalized spacial score (nSPS) is 9.87. The second kappa shape index (κ2) is 3.88. The second-order valence-corrected chi connectivity index (χ2v) is 3.09. The van der Waals surface area contributed by atoms with E-state index < -0.39 is 0 Å². The predicted octanol–water partition coefficient (Wildman–Crippen LogP) is 2.73. The highest BCUT2D eigenvalue weighted by molar-refractivity contribution is 5.70. The molecule has 15 heavy (non-hydrogen) atoms. The first-order chi connectivity index (χ1) is 7.31. The van der Waals surface area contributed by atoms with Crippen LogP contribution in [0.25, 0.3) is 11.1 Å². The molecule has 0 radical (unpaired) electrons. The maximum Gasteiger partial charge on any atom is 0.219 e. The van der Waals surface area contributed by atoms with Crippen molar-refractivity contribution < 1.29 is 0 Å². The Balaban J connectivity index is 2.47. The standard InChI is InChI=1S/C11H9N3O/c12-10-6-9(7-13-11(10)14-15)8-4-2-1-3-5-8/h1-7H,12H2. The molecule has 4 heteroatoms. The highest BCUT2D eigenvalue weighted by Crippen LogP contribution is 2.25. The maximum absolute atomic E-state index is 10.3. The molecule has 2 aromatic rings. The van der Waals surface area contributed by atoms with E-state index in [-0.39, 0.29) is 5.82 Å². The van der Waals surface area contributed by atoms with Gasteiger partial charge in [-0.05, 0) is 16.8 Å². The van der Waals surface area contributed by atoms with Gasteiger partial charge in [-0.15, -0.1) is 4.91 Å². The van der Waals surface area contributed by atoms with Crippen molar-refractivity contribution in [1.82, 2.24) is 4.98 Å². The quantitative estimate of drug-likeness (QED) is 0.756. The number of nitroso groups, excluding NO2 is 1. The Morgan fingerprint density at radius 2 is 1.87 bits per heavy atom. The van der Waals surface area contributed by atoms with E-state index in [0.29, 0.717) is 5.69 Å². The Bertz CT molecular complexity index is 482. The molecule has 0 bridgehead atoms. The number of nitrogens with two attached hydrogens (primary N) is 1. The van der Waals surface area contributed by atoms with Crippen LogP contribution in [0.2, 0.25) is 0 Å². The molecule has 1 aromatic heterocycles. The fourth-order valence-electron chi connectivity index (χ4n) is 1.34. The van der Waals surface area contributed by atoms with Gasteiger partial charge in [-0.1, -0.05) is 30.3 Å². The first kappa shape index (κ1) is 9.33. The van der Waals surface area contributed by atoms with E-state index in [1.54, 1.807) is 12.3 Å². The minimum atomic E-state index is 0.0367. The van der Waals surface area contributed by atoms with Crippen molar-refractivity contribution >= 4 is 11.5 Å². The molecule has 2 rings (SSSR count). The minimum Gasteiger partial charge on any atom is -0.396 e. The number of nitrogens with zero attached hydrogens (tertiary/aromatic N) is 2. The average molecular weight is 199 g/mol. The van der Waals surface area contributed by atoms with E-state index in [0.717, 1.165) is 11.1 Å². The zero-order valence-corrected chi connectivity index (χ0v) is 7.92. The molecule has 0 saturated heterocycles. The number of hydrogen-bond donors (Lipinski definition) is 1. The minimum absolute atomic E-state index is 0.0367. The van der Waals surface area contributed by atoms with Gasteiger partial charge in [-0.25, -0.2) is 4.98 Å². The zero-order chi connectivity index (χ0) is 10.7. The van der Waals surface area contributed by atoms with E-state index in [1.165, 1.54) is 0 Å². The van der Waals surface area contributed by atoms with Crippen LogP contribution in [0, 0.1) is 4.91 Å². The van der Waals surface area contributed by atoms with Crippen molar-refractivity contribution in [3.05, 3.63) is 47.5 Å². The number of benzene rings is 1. The van der Waals surface area contributed by atoms with Gasteiger partial charge in [0.05, 0.1) is 5.69 Å². The summed E-state index contributed by atoms with van der Waals surface area (Å²) in [5.74, 6) is 0.0367. The molecule has 0 aliphatic heterocycles. The topological polar surface area (TPSA) is 68.3 Å². The van der Waals surface area contributed by atoms with Gasteiger partial charge in [-0.3, -0.25) is 0 Å². The van der Waals surface area contributed by atoms with Crippen LogP contribution in [0.3, 0.4) is 0 Å². The molecule has 1 aromatic carbocycles. The highest BCUT2D eigenvalue weighted by Gasteiger charge is 2.03. The lowest BCUT2D eigenvalue weighted by atomic mass is 10.1. The van der Waals surface area contributed by atoms with Crippen LogP contribution in [0.1, 0.15) is 0 Å². The smallest absolute Gasteiger partial charge is 0.219 e. The summed E-state index contributed by atoms with van der Waals surface area (Å²) in [7, 11) is 0. The van der Waals surface area contributed by atoms with Gasteiger partial charge in [0.25, 0.3) is 0 Å². The van der Waals surface area contributed by atoms with Crippen molar-refractivity contribution in [3.63, 3.8) is 0 Å². The van der Waals surface area contributed by atoms with Crippen LogP contribution in [0.5, 0.6) is 0 Å². The van der Waals surface area contributed by atoms with Gasteiger partial charge < -0.3 is 5.73 Å². The highest BCUT2D eigenvalue weighted by atomic mass is 16.3. The Hall–Kier alpha value is -2.23. The Labute approximate surface area is 86.7 Å². The third kappa shape index (κ3) is 1.83. The summed E-state index contributed by atoms with van der Waals surface area (Å²) in [4.78, 5) is 14.2. The second-order valence-electron chi connectivity index (χ2n) is 3.09. The van der Waals surface area contributed by atoms with Crippen molar-refractivity contribution in [2.45, 2.75) is 0 Å². The summed E-state index contributed by atoms with van der Waals surface area (Å²) >= 11 is 0. The lowest BCUT2D eigenvalue weighted by molar-refractivity contribution is 1.27. The van der Waals surface area contributed by atoms with Crippen LogP contribution >= 0.6 is 0 Å². The molecular formula is C11H9N3O. The van der Waals surface area contributed by atoms with Crippen molar-refractivity contribution in [2.75, 3.05) is 5.73 Å². The molecule has 1 heterocycles. The van der Waals surface area contributed by atoms with E-state index >= 15 is 0 Å². The third-order valence-electron chi connectivity index (χ3n) is 2.09. The van der Waals surface area contributed by atoms with E-state index in [2.05, 4.69) is 10.2 Å². The van der Waals surface area contributed by atoms with Crippen LogP contribution in [0.4, 0.5) is 11.5 Å². The molecule has 0 aliphatic rings. The first-order valence-electron chi connectivity index (χ1n) is 4.45. The largest absolute Gasteiger partial charge is 0.396 e. The summed E-state index contributed by atoms with van der Waals surface area (Å²) in [5.41, 5.74) is 7.79. The lowest BCUT2D eigenvalue weighted by Crippen LogP contribution is -1.89. The molecule has 0 spiro atoms. The molecule has 4 nitrogen and oxygen atoms in total. The van der Waals surface area contributed by atoms with Crippen LogP contribution in [-0.2, 0) is 0 Å². The van der Waals surface area contributed by atoms with Crippen molar-refractivity contribution in [2.24, 2.45) is 5.18 Å². The van der Waals surface area contributed by atoms with Crippen LogP contribution < -0.4 is 5.73 Å². The van der Waals surface area contributed by atoms with E-state index in [9.17, 15) is 4.91 Å². The van der Waals surface area contributed by atoms with Gasteiger partial charge in [0.2, 0.25) is 5.82 Å². The zero-order valence-electron chi connectivity index (χ0n) is 7.92. The number of rotatable bonds is 2. The predicted molar refractivity (Wildman–Crippen MR) is 59.5 cm³/mol. The van der Waals surface area contributed by atoms with E-state index in [4.69, 9.17) is 5.73 Å². The Kier molecular flexibility index (Phi) is 2.41. The number of aromatic nitrogens is 1. The van der Waals surface area contributed by atoms with Crippen molar-refractivity contribution in [1.29, 1.82) is 0 Å². The summed E-state index contributed by atoms with van der Waals surface area (Å²) < 4.78 is 0. The van der Waals surface area contributed by atoms with Gasteiger partial charge in [0, 0.05) is 11.8 Å². The molecule has 74 valence electrons. The summed E-state index contributed by atoms with van der Waals surface area (Å²) in [6, 6.07) is 11.4. The van der Waals surface area contributed by atoms with Crippen molar-refractivity contribution in [3.8, 4) is 11.1 Å². The van der Waals surface area contributed by atoms with Gasteiger partial charge >= 0.3 is 0 Å². The van der Waals surface area contributed by atoms with Crippen LogP contribution in [0.15, 0.2) is 47.8 Å². The average Bonchev–Trinajstić information content (AvgIpc) is 2.30. The SMILES string of the molecule is Nc1cc(-c2ccccc2)cnc1N=O. The first-order valence-corrected chi connectivity index (χ1v) is 4.45. The lowest BCUT2D eigenvalue weighted by Gasteiger charge is -2.02. The van der Waals surface area contributed by atoms with Crippen LogP contribution in [-0.4, -0.2) is 4.98 Å². The fraction of sp³-hybridized carbons (Fsp3) is 0. The van der Waals surface area contributed by atoms with Gasteiger partial charge in [-0.2, -0.15) is 0 Å². The number of pyridine rings is 1. The molecule has 0 saturated carbocycles. The third-order valence-corrected chi connectivity index (χ3v) is 2.09. The Morgan fingerprint density at radius 3 is 2.47 bits per heavy atom. The molecule has 0 unspecified atom stereocenters. The molecule has 2 N–H and O–H groups in total. The summed E-state index contributed by atoms with van der Waals surface area (Å²) in [6.07, 6.45) is 1.59. The Morgan fingerprint density at radius 1 is 1.13 bits per heavy atom. The molecule has 0 amide bonds. The number of hydrogen-bond acceptors (Lipinski definition) is 4. The molecule has 0 aliphatic carbocycles. The number of nitrogen functional groups attached to an aromatic ring is 1. The maximum atomic E-state index is 10.3. The molecule has 0 atom stereocenters. The van der Waals surface area contributed by atoms with E-state index in [1.807, 2.05) is 30.3 Å². The fourth-order valence-corrected chi connectivity index (χ4v) is 1.34. The molecule has 0 fully saturated rings. The van der Waals surface area contributed by atoms with Gasteiger partial charge in [0.15, 0.2) is 0 Å². The monoisotopic (exact) mass is 199 g/mol. The summed E-state index contributed by atoms with van der Waals surface area (Å²) in [5, 5.41) is 2.72. The van der Waals surface area contributed by atoms with Gasteiger partial charge in [0.1, 0.15) is 0 Å². The number of anilines is 1. The summed E-state index contributed by atoms with van der Waals surface area (Å²) in [6.45, 7) is 0.